The Bertz CT molecular complexity index is 583. The quantitative estimate of drug-likeness (QED) is 0.889. The van der Waals surface area contributed by atoms with E-state index in [1.54, 1.807) is 24.3 Å². The summed E-state index contributed by atoms with van der Waals surface area (Å²) >= 11 is 0. The maximum Gasteiger partial charge on any atom is 0.419 e. The van der Waals surface area contributed by atoms with Crippen molar-refractivity contribution in [2.45, 2.75) is 24.7 Å². The smallest absolute Gasteiger partial charge is 0.384 e. The number of hydrogen-bond acceptors (Lipinski definition) is 3. The molecular formula is C14H16F3N3O. The first-order valence-electron chi connectivity index (χ1n) is 6.43. The van der Waals surface area contributed by atoms with E-state index >= 15 is 0 Å². The Kier molecular flexibility index (Phi) is 4.34. The molecule has 4 nitrogen and oxygen atoms in total. The van der Waals surface area contributed by atoms with Gasteiger partial charge < -0.3 is 10.8 Å². The van der Waals surface area contributed by atoms with Gasteiger partial charge in [-0.15, -0.1) is 0 Å². The predicted octanol–water partition coefficient (Wildman–Crippen LogP) is 2.14. The van der Waals surface area contributed by atoms with Crippen molar-refractivity contribution in [2.24, 2.45) is 5.73 Å². The van der Waals surface area contributed by atoms with Crippen molar-refractivity contribution >= 4 is 0 Å². The second kappa shape index (κ2) is 5.87. The molecule has 1 unspecified atom stereocenters. The lowest BCUT2D eigenvalue weighted by Gasteiger charge is -2.27. The monoisotopic (exact) mass is 299 g/mol. The Morgan fingerprint density at radius 3 is 2.33 bits per heavy atom. The summed E-state index contributed by atoms with van der Waals surface area (Å²) in [7, 11) is 0. The third kappa shape index (κ3) is 3.62. The van der Waals surface area contributed by atoms with Gasteiger partial charge in [-0.05, 0) is 5.56 Å². The van der Waals surface area contributed by atoms with Crippen LogP contribution >= 0.6 is 0 Å². The van der Waals surface area contributed by atoms with Crippen LogP contribution in [0.1, 0.15) is 17.5 Å². The number of aryl methyl sites for hydroxylation is 1. The molecule has 0 bridgehead atoms. The van der Waals surface area contributed by atoms with Crippen LogP contribution in [0.25, 0.3) is 0 Å². The Hall–Kier alpha value is -1.86. The number of aliphatic hydroxyl groups is 1. The second-order valence-corrected chi connectivity index (χ2v) is 4.84. The first-order valence-corrected chi connectivity index (χ1v) is 6.43. The highest BCUT2D eigenvalue weighted by Gasteiger charge is 2.32. The van der Waals surface area contributed by atoms with Crippen LogP contribution in [-0.4, -0.2) is 21.4 Å². The van der Waals surface area contributed by atoms with Crippen molar-refractivity contribution in [3.8, 4) is 0 Å². The van der Waals surface area contributed by atoms with Crippen molar-refractivity contribution in [2.75, 3.05) is 6.54 Å². The zero-order chi connectivity index (χ0) is 15.5. The molecule has 1 aromatic heterocycles. The molecule has 0 aliphatic carbocycles. The Morgan fingerprint density at radius 2 is 1.81 bits per heavy atom. The van der Waals surface area contributed by atoms with Gasteiger partial charge in [0.2, 0.25) is 0 Å². The Balaban J connectivity index is 2.09. The lowest BCUT2D eigenvalue weighted by atomic mass is 9.90. The van der Waals surface area contributed by atoms with E-state index in [-0.39, 0.29) is 19.5 Å². The summed E-state index contributed by atoms with van der Waals surface area (Å²) in [5, 5.41) is 14.2. The number of hydrogen-bond donors (Lipinski definition) is 2. The van der Waals surface area contributed by atoms with Gasteiger partial charge in [0.15, 0.2) is 0 Å². The third-order valence-corrected chi connectivity index (χ3v) is 3.36. The summed E-state index contributed by atoms with van der Waals surface area (Å²) in [6.07, 6.45) is -2.56. The zero-order valence-electron chi connectivity index (χ0n) is 11.2. The summed E-state index contributed by atoms with van der Waals surface area (Å²) in [6, 6.07) is 8.81. The summed E-state index contributed by atoms with van der Waals surface area (Å²) in [5.74, 6) is 0. The molecule has 1 heterocycles. The minimum absolute atomic E-state index is 0.0234. The van der Waals surface area contributed by atoms with E-state index in [4.69, 9.17) is 5.73 Å². The number of nitrogens with zero attached hydrogens (tertiary/aromatic N) is 2. The van der Waals surface area contributed by atoms with Gasteiger partial charge in [0, 0.05) is 25.7 Å². The second-order valence-electron chi connectivity index (χ2n) is 4.84. The molecule has 0 saturated carbocycles. The van der Waals surface area contributed by atoms with Crippen LogP contribution in [-0.2, 0) is 18.3 Å². The highest BCUT2D eigenvalue weighted by atomic mass is 19.4. The normalized spacial score (nSPS) is 14.9. The van der Waals surface area contributed by atoms with Gasteiger partial charge in [-0.3, -0.25) is 4.68 Å². The molecule has 114 valence electrons. The van der Waals surface area contributed by atoms with Crippen molar-refractivity contribution in [1.82, 2.24) is 9.78 Å². The van der Waals surface area contributed by atoms with Gasteiger partial charge in [-0.1, -0.05) is 30.3 Å². The highest BCUT2D eigenvalue weighted by Crippen LogP contribution is 2.29. The van der Waals surface area contributed by atoms with Crippen LogP contribution in [0.15, 0.2) is 42.7 Å². The van der Waals surface area contributed by atoms with Gasteiger partial charge in [0.05, 0.1) is 11.8 Å². The molecule has 0 fully saturated rings. The van der Waals surface area contributed by atoms with Crippen LogP contribution in [0, 0.1) is 0 Å². The Morgan fingerprint density at radius 1 is 1.14 bits per heavy atom. The van der Waals surface area contributed by atoms with Crippen LogP contribution < -0.4 is 5.73 Å². The van der Waals surface area contributed by atoms with Gasteiger partial charge in [-0.25, -0.2) is 0 Å². The molecule has 2 aromatic rings. The number of rotatable bonds is 5. The van der Waals surface area contributed by atoms with Crippen LogP contribution in [0.3, 0.4) is 0 Å². The standard InChI is InChI=1S/C14H16F3N3O/c15-14(16,17)12-8-19-20(9-12)7-6-13(21,10-18)11-4-2-1-3-5-11/h1-5,8-9,21H,6-7,10,18H2. The minimum atomic E-state index is -4.41. The van der Waals surface area contributed by atoms with Crippen molar-refractivity contribution < 1.29 is 18.3 Å². The minimum Gasteiger partial charge on any atom is -0.384 e. The Labute approximate surface area is 120 Å². The van der Waals surface area contributed by atoms with Crippen LogP contribution in [0.2, 0.25) is 0 Å². The molecule has 0 amide bonds. The molecule has 0 spiro atoms. The first kappa shape index (κ1) is 15.5. The van der Waals surface area contributed by atoms with Crippen molar-refractivity contribution in [3.63, 3.8) is 0 Å². The third-order valence-electron chi connectivity index (χ3n) is 3.36. The maximum absolute atomic E-state index is 12.5. The van der Waals surface area contributed by atoms with Crippen molar-refractivity contribution in [3.05, 3.63) is 53.9 Å². The van der Waals surface area contributed by atoms with Gasteiger partial charge >= 0.3 is 6.18 Å². The van der Waals surface area contributed by atoms with E-state index < -0.39 is 17.3 Å². The van der Waals surface area contributed by atoms with Gasteiger partial charge in [0.25, 0.3) is 0 Å². The maximum atomic E-state index is 12.5. The number of aromatic nitrogens is 2. The average Bonchev–Trinajstić information content (AvgIpc) is 2.95. The molecule has 0 radical (unpaired) electrons. The van der Waals surface area contributed by atoms with E-state index in [2.05, 4.69) is 5.10 Å². The number of halogens is 3. The molecule has 7 heteroatoms. The first-order chi connectivity index (χ1) is 9.85. The molecule has 0 saturated heterocycles. The lowest BCUT2D eigenvalue weighted by Crippen LogP contribution is -2.36. The fourth-order valence-electron chi connectivity index (χ4n) is 2.04. The van der Waals surface area contributed by atoms with E-state index in [1.165, 1.54) is 0 Å². The van der Waals surface area contributed by atoms with Crippen LogP contribution in [0.5, 0.6) is 0 Å². The molecule has 21 heavy (non-hydrogen) atoms. The predicted molar refractivity (Wildman–Crippen MR) is 71.2 cm³/mol. The fourth-order valence-corrected chi connectivity index (χ4v) is 2.04. The fraction of sp³-hybridized carbons (Fsp3) is 0.357. The van der Waals surface area contributed by atoms with Crippen molar-refractivity contribution in [1.29, 1.82) is 0 Å². The molecule has 0 aliphatic rings. The molecule has 1 aromatic carbocycles. The molecular weight excluding hydrogens is 283 g/mol. The molecule has 1 atom stereocenters. The van der Waals surface area contributed by atoms with E-state index in [9.17, 15) is 18.3 Å². The SMILES string of the molecule is NCC(O)(CCn1cc(C(F)(F)F)cn1)c1ccccc1. The largest absolute Gasteiger partial charge is 0.419 e. The van der Waals surface area contributed by atoms with E-state index in [0.29, 0.717) is 5.56 Å². The molecule has 3 N–H and O–H groups in total. The number of nitrogens with two attached hydrogens (primary N) is 1. The topological polar surface area (TPSA) is 64.1 Å². The molecule has 0 aliphatic heterocycles. The summed E-state index contributed by atoms with van der Waals surface area (Å²) in [5.41, 5.74) is 4.16. The lowest BCUT2D eigenvalue weighted by molar-refractivity contribution is -0.137. The van der Waals surface area contributed by atoms with Gasteiger partial charge in [-0.2, -0.15) is 18.3 Å². The van der Waals surface area contributed by atoms with E-state index in [1.807, 2.05) is 6.07 Å². The zero-order valence-corrected chi connectivity index (χ0v) is 11.2. The van der Waals surface area contributed by atoms with Gasteiger partial charge in [0.1, 0.15) is 5.60 Å². The summed E-state index contributed by atoms with van der Waals surface area (Å²) in [6.45, 7) is 0.114. The number of benzene rings is 1. The van der Waals surface area contributed by atoms with E-state index in [0.717, 1.165) is 17.1 Å². The highest BCUT2D eigenvalue weighted by molar-refractivity contribution is 5.22. The average molecular weight is 299 g/mol. The number of alkyl halides is 3. The molecule has 2 rings (SSSR count). The van der Waals surface area contributed by atoms with Crippen LogP contribution in [0.4, 0.5) is 13.2 Å². The summed E-state index contributed by atoms with van der Waals surface area (Å²) < 4.78 is 38.6. The summed E-state index contributed by atoms with van der Waals surface area (Å²) in [4.78, 5) is 0.